The Kier molecular flexibility index (Phi) is 95.3. The molecule has 0 saturated heterocycles. The number of carbonyl (C=O) groups is 8. The molecule has 0 bridgehead atoms. The van der Waals surface area contributed by atoms with Crippen LogP contribution in [0.5, 0.6) is 0 Å². The average Bonchev–Trinajstić information content (AvgIpc) is 0.958. The van der Waals surface area contributed by atoms with E-state index in [2.05, 4.69) is 49.4 Å². The quantitative estimate of drug-likeness (QED) is 0.0239. The molecule has 0 aliphatic heterocycles. The number of unbranched alkanes of at least 4 members (excludes halogenated alkanes) is 28. The van der Waals surface area contributed by atoms with Crippen LogP contribution in [0.25, 0.3) is 0 Å². The lowest BCUT2D eigenvalue weighted by Crippen LogP contribution is -2.34. The van der Waals surface area contributed by atoms with Gasteiger partial charge in [0.25, 0.3) is 0 Å². The van der Waals surface area contributed by atoms with Crippen molar-refractivity contribution < 1.29 is 76.3 Å². The summed E-state index contributed by atoms with van der Waals surface area (Å²) in [5.74, 6) is 9.97. The number of esters is 8. The highest BCUT2D eigenvalue weighted by Crippen LogP contribution is 2.26. The number of hydrogen-bond donors (Lipinski definition) is 0. The lowest BCUT2D eigenvalue weighted by molar-refractivity contribution is -0.147. The van der Waals surface area contributed by atoms with Crippen LogP contribution in [-0.2, 0) is 76.3 Å². The molecule has 718 valence electrons. The van der Waals surface area contributed by atoms with Crippen LogP contribution in [0.4, 0.5) is 0 Å². The minimum absolute atomic E-state index is 0.139. The molecular formula is C91H171N3O16S12. The first-order chi connectivity index (χ1) is 59.5. The number of hydrogen-bond acceptors (Lipinski definition) is 31. The summed E-state index contributed by atoms with van der Waals surface area (Å²) in [5.41, 5.74) is 0. The third kappa shape index (κ3) is 86.5. The van der Waals surface area contributed by atoms with Gasteiger partial charge in [-0.2, -0.15) is 47.0 Å². The summed E-state index contributed by atoms with van der Waals surface area (Å²) in [5, 5.41) is 0. The lowest BCUT2D eigenvalue weighted by Gasteiger charge is -2.25. The molecule has 0 aromatic carbocycles. The highest BCUT2D eigenvalue weighted by Gasteiger charge is 2.21. The Hall–Kier alpha value is -0.160. The summed E-state index contributed by atoms with van der Waals surface area (Å²) in [7, 11) is 14.8. The Balaban J connectivity index is 5.44. The molecule has 0 aromatic rings. The molecular weight excluding hydrogens is 1780 g/mol. The van der Waals surface area contributed by atoms with Crippen LogP contribution in [0.15, 0.2) is 0 Å². The van der Waals surface area contributed by atoms with Crippen LogP contribution >= 0.6 is 133 Å². The molecule has 0 saturated carbocycles. The highest BCUT2D eigenvalue weighted by atomic mass is 33.1. The molecule has 0 heterocycles. The smallest absolute Gasteiger partial charge is 0.309 e. The molecule has 4 unspecified atom stereocenters. The molecule has 0 spiro atoms. The van der Waals surface area contributed by atoms with E-state index in [4.69, 9.17) is 37.9 Å². The van der Waals surface area contributed by atoms with Crippen molar-refractivity contribution in [2.75, 3.05) is 204 Å². The summed E-state index contributed by atoms with van der Waals surface area (Å²) < 4.78 is 44.9. The van der Waals surface area contributed by atoms with Gasteiger partial charge in [-0.25, -0.2) is 0 Å². The van der Waals surface area contributed by atoms with Crippen molar-refractivity contribution >= 4 is 181 Å². The van der Waals surface area contributed by atoms with Crippen LogP contribution in [0.1, 0.15) is 299 Å². The number of thioether (sulfide) groups is 4. The van der Waals surface area contributed by atoms with Crippen LogP contribution in [0.2, 0.25) is 0 Å². The van der Waals surface area contributed by atoms with E-state index in [-0.39, 0.29) is 124 Å². The van der Waals surface area contributed by atoms with E-state index in [1.165, 1.54) is 205 Å². The summed E-state index contributed by atoms with van der Waals surface area (Å²) in [6.45, 7) is 23.6. The molecule has 4 atom stereocenters. The van der Waals surface area contributed by atoms with E-state index >= 15 is 0 Å². The number of rotatable bonds is 96. The van der Waals surface area contributed by atoms with Gasteiger partial charge in [-0.15, -0.1) is 0 Å². The average molecular weight is 1950 g/mol. The molecule has 0 fully saturated rings. The zero-order valence-electron chi connectivity index (χ0n) is 77.6. The van der Waals surface area contributed by atoms with E-state index in [9.17, 15) is 38.4 Å². The fraction of sp³-hybridized carbons (Fsp3) is 0.912. The van der Waals surface area contributed by atoms with Gasteiger partial charge in [0.15, 0.2) is 0 Å². The van der Waals surface area contributed by atoms with Gasteiger partial charge in [0, 0.05) is 95.2 Å². The maximum Gasteiger partial charge on any atom is 0.309 e. The molecule has 0 radical (unpaired) electrons. The molecule has 122 heavy (non-hydrogen) atoms. The first-order valence-electron chi connectivity index (χ1n) is 47.2. The van der Waals surface area contributed by atoms with E-state index in [1.807, 2.05) is 74.7 Å². The second-order valence-electron chi connectivity index (χ2n) is 31.6. The van der Waals surface area contributed by atoms with E-state index in [0.29, 0.717) is 112 Å². The number of carbonyl (C=O) groups excluding carboxylic acids is 8. The molecule has 0 aliphatic rings. The molecule has 0 amide bonds. The third-order valence-electron chi connectivity index (χ3n) is 19.9. The molecule has 0 N–H and O–H groups in total. The van der Waals surface area contributed by atoms with Crippen molar-refractivity contribution in [1.29, 1.82) is 0 Å². The first kappa shape index (κ1) is 122. The Morgan fingerprint density at radius 2 is 0.402 bits per heavy atom. The maximum atomic E-state index is 13.1. The molecule has 0 aliphatic carbocycles. The second kappa shape index (κ2) is 95.5. The van der Waals surface area contributed by atoms with E-state index in [1.54, 1.807) is 86.4 Å². The number of nitrogens with zero attached hydrogens (tertiary/aromatic N) is 3. The zero-order chi connectivity index (χ0) is 89.3. The van der Waals surface area contributed by atoms with Gasteiger partial charge in [-0.3, -0.25) is 38.4 Å². The van der Waals surface area contributed by atoms with Gasteiger partial charge in [-0.1, -0.05) is 322 Å². The summed E-state index contributed by atoms with van der Waals surface area (Å²) in [6, 6.07) is 0. The first-order valence-corrected chi connectivity index (χ1v) is 61.7. The fourth-order valence-corrected chi connectivity index (χ4v) is 23.2. The van der Waals surface area contributed by atoms with Crippen molar-refractivity contribution in [3.63, 3.8) is 0 Å². The van der Waals surface area contributed by atoms with Gasteiger partial charge in [0.1, 0.15) is 52.9 Å². The van der Waals surface area contributed by atoms with Crippen molar-refractivity contribution in [3.05, 3.63) is 0 Å². The predicted molar refractivity (Wildman–Crippen MR) is 542 cm³/mol. The monoisotopic (exact) mass is 1950 g/mol. The Morgan fingerprint density at radius 1 is 0.221 bits per heavy atom. The summed E-state index contributed by atoms with van der Waals surface area (Å²) in [4.78, 5) is 110. The molecule has 31 heteroatoms. The standard InChI is InChI=1S/C91H171N3O16S12/c1-10-14-18-22-26-30-34-38-64-111-76-80(5)88(99)107-60-72-119-115-68-56-103-84(95)44-52-93(53-45-85(96)104-57-69-116-120-73-61-108-89(100)81(6)77-112-65-39-35-31-27-23-19-15-11-2)50-42-48-92(9)49-43-51-94(54-46-86(97)105-58-70-117-121-74-62-109-90(101)82(7)78-113-66-40-36-32-28-24-20-16-12-3)55-47-87(98)106-59-71-118-122-75-63-110-91(102)83(8)79-114-67-41-37-33-29-25-21-17-13-4/h80-83H,10-79H2,1-9H3. The van der Waals surface area contributed by atoms with Crippen LogP contribution in [0, 0.1) is 23.7 Å². The Labute approximate surface area is 792 Å². The van der Waals surface area contributed by atoms with Crippen molar-refractivity contribution in [2.45, 2.75) is 299 Å². The summed E-state index contributed by atoms with van der Waals surface area (Å²) in [6.07, 6.45) is 43.6. The van der Waals surface area contributed by atoms with Gasteiger partial charge < -0.3 is 52.6 Å². The second-order valence-corrected chi connectivity index (χ2v) is 47.0. The Morgan fingerprint density at radius 3 is 0.598 bits per heavy atom. The fourth-order valence-electron chi connectivity index (χ4n) is 12.4. The van der Waals surface area contributed by atoms with Crippen LogP contribution in [0.3, 0.4) is 0 Å². The number of ether oxygens (including phenoxy) is 8. The lowest BCUT2D eigenvalue weighted by atomic mass is 10.1. The predicted octanol–water partition coefficient (Wildman–Crippen LogP) is 23.8. The SMILES string of the molecule is CCCCCCCCCCSCC(C)C(=O)OCCSSCCOC(=O)CCN(CCCN(C)CCCN(CCC(=O)OCCSSCCOC(=O)C(C)CSCCCCCCCCCC)CCC(=O)OCCSSCCOC(=O)C(C)CSCCCCCCCCCC)CCC(=O)OCCSSCCOC(=O)C(C)CSCCCCCCCCCC. The highest BCUT2D eigenvalue weighted by molar-refractivity contribution is 8.77. The normalized spacial score (nSPS) is 12.6. The van der Waals surface area contributed by atoms with Crippen molar-refractivity contribution in [3.8, 4) is 0 Å². The molecule has 0 aromatic heterocycles. The topological polar surface area (TPSA) is 220 Å². The molecule has 0 rings (SSSR count). The minimum atomic E-state index is -0.309. The van der Waals surface area contributed by atoms with Crippen molar-refractivity contribution in [1.82, 2.24) is 14.7 Å². The van der Waals surface area contributed by atoms with Gasteiger partial charge in [-0.05, 0) is 94.8 Å². The van der Waals surface area contributed by atoms with E-state index < -0.39 is 0 Å². The van der Waals surface area contributed by atoms with Crippen molar-refractivity contribution in [2.24, 2.45) is 23.7 Å². The minimum Gasteiger partial charge on any atom is -0.465 e. The van der Waals surface area contributed by atoms with Gasteiger partial charge in [0.2, 0.25) is 0 Å². The van der Waals surface area contributed by atoms with Crippen LogP contribution < -0.4 is 0 Å². The van der Waals surface area contributed by atoms with Gasteiger partial charge in [0.05, 0.1) is 49.4 Å². The molecule has 19 nitrogen and oxygen atoms in total. The van der Waals surface area contributed by atoms with Crippen LogP contribution in [-0.4, -0.2) is 267 Å². The zero-order valence-corrected chi connectivity index (χ0v) is 87.4. The summed E-state index contributed by atoms with van der Waals surface area (Å²) >= 11 is 7.35. The Bertz CT molecular complexity index is 2130. The maximum absolute atomic E-state index is 13.1. The van der Waals surface area contributed by atoms with E-state index in [0.717, 1.165) is 72.0 Å². The largest absolute Gasteiger partial charge is 0.465 e. The third-order valence-corrected chi connectivity index (χ3v) is 34.5. The van der Waals surface area contributed by atoms with Gasteiger partial charge >= 0.3 is 47.8 Å².